The molecule has 1 aliphatic rings. The molecule has 0 radical (unpaired) electrons. The van der Waals surface area contributed by atoms with Gasteiger partial charge in [-0.1, -0.05) is 37.3 Å². The fraction of sp³-hybridized carbons (Fsp3) is 0.429. The Balaban J connectivity index is 1.70. The molecule has 0 spiro atoms. The topological polar surface area (TPSA) is 45.2 Å². The average Bonchev–Trinajstić information content (AvgIpc) is 2.67. The van der Waals surface area contributed by atoms with Gasteiger partial charge in [-0.25, -0.2) is 13.8 Å². The molecule has 0 unspecified atom stereocenters. The summed E-state index contributed by atoms with van der Waals surface area (Å²) in [6.45, 7) is 1.14. The third-order valence-corrected chi connectivity index (χ3v) is 5.21. The summed E-state index contributed by atoms with van der Waals surface area (Å²) in [5.74, 6) is -3.40. The lowest BCUT2D eigenvalue weighted by molar-refractivity contribution is -0.137. The van der Waals surface area contributed by atoms with Gasteiger partial charge in [-0.3, -0.25) is 9.69 Å². The number of carbonyl (C=O) groups excluding carboxylic acids is 1. The number of aromatic nitrogens is 1. The Hall–Kier alpha value is -2.55. The summed E-state index contributed by atoms with van der Waals surface area (Å²) in [7, 11) is 0. The standard InChI is InChI=1S/C21H22F5N3O/c1-14-9-20(22,23)13-29(12-18(30)15-5-3-2-4-6-15)17(14)11-28-19-8-7-16(10-27-19)21(24,25)26/h2-8,10,14,17H,9,11-13H2,1H3,(H,27,28)/t14-,17-/m1/s1. The second kappa shape index (κ2) is 8.67. The summed E-state index contributed by atoms with van der Waals surface area (Å²) in [5.41, 5.74) is -0.427. The minimum atomic E-state index is -4.48. The van der Waals surface area contributed by atoms with Gasteiger partial charge in [0.15, 0.2) is 5.78 Å². The molecular weight excluding hydrogens is 405 g/mol. The van der Waals surface area contributed by atoms with Crippen LogP contribution >= 0.6 is 0 Å². The zero-order valence-corrected chi connectivity index (χ0v) is 16.3. The molecule has 1 aliphatic heterocycles. The Kier molecular flexibility index (Phi) is 6.40. The predicted octanol–water partition coefficient (Wildman–Crippen LogP) is 4.74. The van der Waals surface area contributed by atoms with Crippen LogP contribution in [0.4, 0.5) is 27.8 Å². The van der Waals surface area contributed by atoms with Crippen molar-refractivity contribution in [1.29, 1.82) is 0 Å². The number of hydrogen-bond donors (Lipinski definition) is 1. The van der Waals surface area contributed by atoms with Gasteiger partial charge in [0.1, 0.15) is 5.82 Å². The Morgan fingerprint density at radius 2 is 1.90 bits per heavy atom. The van der Waals surface area contributed by atoms with Crippen LogP contribution in [0.25, 0.3) is 0 Å². The van der Waals surface area contributed by atoms with Crippen molar-refractivity contribution in [3.05, 3.63) is 59.8 Å². The van der Waals surface area contributed by atoms with Gasteiger partial charge in [-0.15, -0.1) is 0 Å². The number of rotatable bonds is 6. The fourth-order valence-electron chi connectivity index (χ4n) is 3.72. The Morgan fingerprint density at radius 3 is 2.50 bits per heavy atom. The summed E-state index contributed by atoms with van der Waals surface area (Å²) in [4.78, 5) is 17.8. The van der Waals surface area contributed by atoms with Crippen LogP contribution in [0.1, 0.15) is 29.3 Å². The summed E-state index contributed by atoms with van der Waals surface area (Å²) >= 11 is 0. The largest absolute Gasteiger partial charge is 0.417 e. The molecule has 9 heteroatoms. The summed E-state index contributed by atoms with van der Waals surface area (Å²) in [6.07, 6.45) is -4.09. The maximum Gasteiger partial charge on any atom is 0.417 e. The van der Waals surface area contributed by atoms with Crippen molar-refractivity contribution in [3.8, 4) is 0 Å². The zero-order chi connectivity index (χ0) is 21.9. The number of nitrogens with one attached hydrogen (secondary N) is 1. The molecule has 0 amide bonds. The van der Waals surface area contributed by atoms with E-state index >= 15 is 0 Å². The molecule has 3 rings (SSSR count). The van der Waals surface area contributed by atoms with Crippen molar-refractivity contribution in [2.75, 3.05) is 25.0 Å². The first kappa shape index (κ1) is 22.1. The van der Waals surface area contributed by atoms with Crippen LogP contribution < -0.4 is 5.32 Å². The third-order valence-electron chi connectivity index (χ3n) is 5.21. The highest BCUT2D eigenvalue weighted by Gasteiger charge is 2.44. The van der Waals surface area contributed by atoms with E-state index in [1.165, 1.54) is 11.0 Å². The second-order valence-electron chi connectivity index (χ2n) is 7.61. The van der Waals surface area contributed by atoms with Crippen molar-refractivity contribution >= 4 is 11.6 Å². The fourth-order valence-corrected chi connectivity index (χ4v) is 3.72. The number of alkyl halides is 5. The van der Waals surface area contributed by atoms with Crippen LogP contribution in [-0.4, -0.2) is 47.3 Å². The van der Waals surface area contributed by atoms with Gasteiger partial charge in [-0.05, 0) is 18.1 Å². The second-order valence-corrected chi connectivity index (χ2v) is 7.61. The van der Waals surface area contributed by atoms with E-state index in [4.69, 9.17) is 0 Å². The first-order valence-corrected chi connectivity index (χ1v) is 9.52. The van der Waals surface area contributed by atoms with Gasteiger partial charge in [-0.2, -0.15) is 13.2 Å². The molecule has 1 N–H and O–H groups in total. The monoisotopic (exact) mass is 427 g/mol. The van der Waals surface area contributed by atoms with Crippen LogP contribution in [0.2, 0.25) is 0 Å². The van der Waals surface area contributed by atoms with Crippen LogP contribution in [0.15, 0.2) is 48.7 Å². The molecule has 1 aromatic carbocycles. The number of Topliss-reactive ketones (excluding diaryl/α,β-unsaturated/α-hetero) is 1. The summed E-state index contributed by atoms with van der Waals surface area (Å²) < 4.78 is 66.3. The smallest absolute Gasteiger partial charge is 0.368 e. The van der Waals surface area contributed by atoms with Crippen molar-refractivity contribution < 1.29 is 26.7 Å². The summed E-state index contributed by atoms with van der Waals surface area (Å²) in [5, 5.41) is 2.92. The van der Waals surface area contributed by atoms with Crippen molar-refractivity contribution in [2.24, 2.45) is 5.92 Å². The minimum absolute atomic E-state index is 0.170. The highest BCUT2D eigenvalue weighted by atomic mass is 19.4. The van der Waals surface area contributed by atoms with Gasteiger partial charge in [0.25, 0.3) is 5.92 Å². The Morgan fingerprint density at radius 1 is 1.20 bits per heavy atom. The Labute approximate surface area is 171 Å². The normalized spacial score (nSPS) is 21.9. The van der Waals surface area contributed by atoms with E-state index in [2.05, 4.69) is 10.3 Å². The van der Waals surface area contributed by atoms with Gasteiger partial charge in [0.05, 0.1) is 18.7 Å². The first-order valence-electron chi connectivity index (χ1n) is 9.52. The zero-order valence-electron chi connectivity index (χ0n) is 16.3. The minimum Gasteiger partial charge on any atom is -0.368 e. The molecule has 1 saturated heterocycles. The SMILES string of the molecule is C[C@@H]1CC(F)(F)CN(CC(=O)c2ccccc2)[C@@H]1CNc1ccc(C(F)(F)F)cn1. The average molecular weight is 427 g/mol. The lowest BCUT2D eigenvalue weighted by Crippen LogP contribution is -2.56. The molecule has 0 bridgehead atoms. The summed E-state index contributed by atoms with van der Waals surface area (Å²) in [6, 6.07) is 10.1. The number of nitrogens with zero attached hydrogens (tertiary/aromatic N) is 2. The molecule has 2 heterocycles. The van der Waals surface area contributed by atoms with E-state index in [0.29, 0.717) is 5.56 Å². The number of piperidine rings is 1. The van der Waals surface area contributed by atoms with Crippen LogP contribution in [-0.2, 0) is 6.18 Å². The maximum atomic E-state index is 14.2. The van der Waals surface area contributed by atoms with Crippen LogP contribution in [0.3, 0.4) is 0 Å². The molecular formula is C21H22F5N3O. The van der Waals surface area contributed by atoms with E-state index in [9.17, 15) is 26.7 Å². The molecule has 1 fully saturated rings. The number of benzene rings is 1. The van der Waals surface area contributed by atoms with Crippen molar-refractivity contribution in [2.45, 2.75) is 31.5 Å². The quantitative estimate of drug-likeness (QED) is 0.534. The number of carbonyl (C=O) groups is 1. The number of ketones is 1. The van der Waals surface area contributed by atoms with E-state index in [0.717, 1.165) is 12.3 Å². The molecule has 30 heavy (non-hydrogen) atoms. The van der Waals surface area contributed by atoms with Crippen LogP contribution in [0.5, 0.6) is 0 Å². The number of likely N-dealkylation sites (tertiary alicyclic amines) is 1. The molecule has 4 nitrogen and oxygen atoms in total. The predicted molar refractivity (Wildman–Crippen MR) is 103 cm³/mol. The molecule has 0 aliphatic carbocycles. The van der Waals surface area contributed by atoms with E-state index < -0.39 is 36.2 Å². The number of pyridine rings is 1. The van der Waals surface area contributed by atoms with E-state index in [1.54, 1.807) is 37.3 Å². The molecule has 0 saturated carbocycles. The number of halogens is 5. The first-order chi connectivity index (χ1) is 14.0. The third kappa shape index (κ3) is 5.53. The van der Waals surface area contributed by atoms with Crippen molar-refractivity contribution in [1.82, 2.24) is 9.88 Å². The van der Waals surface area contributed by atoms with Crippen LogP contribution in [0, 0.1) is 5.92 Å². The lowest BCUT2D eigenvalue weighted by Gasteiger charge is -2.43. The van der Waals surface area contributed by atoms with Crippen molar-refractivity contribution in [3.63, 3.8) is 0 Å². The molecule has 2 aromatic rings. The Bertz CT molecular complexity index is 855. The maximum absolute atomic E-state index is 14.2. The molecule has 162 valence electrons. The highest BCUT2D eigenvalue weighted by Crippen LogP contribution is 2.34. The van der Waals surface area contributed by atoms with Gasteiger partial charge in [0.2, 0.25) is 0 Å². The lowest BCUT2D eigenvalue weighted by atomic mass is 9.88. The van der Waals surface area contributed by atoms with Gasteiger partial charge in [0, 0.05) is 30.8 Å². The number of hydrogen-bond acceptors (Lipinski definition) is 4. The van der Waals surface area contributed by atoms with Gasteiger partial charge >= 0.3 is 6.18 Å². The van der Waals surface area contributed by atoms with Gasteiger partial charge < -0.3 is 5.32 Å². The van der Waals surface area contributed by atoms with E-state index in [-0.39, 0.29) is 31.1 Å². The van der Waals surface area contributed by atoms with E-state index in [1.807, 2.05) is 0 Å². The highest BCUT2D eigenvalue weighted by molar-refractivity contribution is 5.97. The molecule has 1 aromatic heterocycles. The molecule has 2 atom stereocenters. The number of anilines is 1.